The maximum Gasteiger partial charge on any atom is 0.0545 e. The molecule has 1 aromatic rings. The van der Waals surface area contributed by atoms with Gasteiger partial charge in [0.25, 0.3) is 0 Å². The molecule has 1 unspecified atom stereocenters. The highest BCUT2D eigenvalue weighted by atomic mass is 127. The van der Waals surface area contributed by atoms with Gasteiger partial charge in [-0.2, -0.15) is 0 Å². The van der Waals surface area contributed by atoms with Gasteiger partial charge >= 0.3 is 0 Å². The van der Waals surface area contributed by atoms with Crippen LogP contribution in [0.3, 0.4) is 0 Å². The Bertz CT molecular complexity index is 427. The van der Waals surface area contributed by atoms with Crippen molar-refractivity contribution in [2.24, 2.45) is 0 Å². The molecule has 0 fully saturated rings. The normalized spacial score (nSPS) is 24.6. The topological polar surface area (TPSA) is 0 Å². The fraction of sp³-hybridized carbons (Fsp3) is 0.143. The lowest BCUT2D eigenvalue weighted by atomic mass is 9.99. The lowest BCUT2D eigenvalue weighted by Gasteiger charge is -2.11. The van der Waals surface area contributed by atoms with Gasteiger partial charge in [0.1, 0.15) is 0 Å². The minimum Gasteiger partial charge on any atom is -0.0955 e. The summed E-state index contributed by atoms with van der Waals surface area (Å²) in [7, 11) is 0. The molecule has 0 N–H and O–H groups in total. The number of rotatable bonds is 0. The summed E-state index contributed by atoms with van der Waals surface area (Å²) in [4.78, 5) is 0. The van der Waals surface area contributed by atoms with Crippen molar-refractivity contribution >= 4 is 22.6 Å². The summed E-state index contributed by atoms with van der Waals surface area (Å²) in [6.45, 7) is 4.06. The fourth-order valence-corrected chi connectivity index (χ4v) is 2.57. The molecule has 0 aromatic heterocycles. The van der Waals surface area contributed by atoms with Crippen LogP contribution in [-0.4, -0.2) is 0 Å². The smallest absolute Gasteiger partial charge is 0.0545 e. The molecular formula is C14H13I. The van der Waals surface area contributed by atoms with E-state index < -0.39 is 0 Å². The van der Waals surface area contributed by atoms with Crippen LogP contribution in [0.1, 0.15) is 15.1 Å². The molecule has 0 saturated heterocycles. The maximum atomic E-state index is 4.06. The SMILES string of the molecule is C=C1/C=C\C=C/C(I)c2ccccc2C1. The Morgan fingerprint density at radius 3 is 2.87 bits per heavy atom. The Labute approximate surface area is 105 Å². The van der Waals surface area contributed by atoms with Gasteiger partial charge in [-0.1, -0.05) is 83.3 Å². The van der Waals surface area contributed by atoms with Crippen LogP contribution in [-0.2, 0) is 6.42 Å². The van der Waals surface area contributed by atoms with E-state index in [0.717, 1.165) is 12.0 Å². The first-order chi connectivity index (χ1) is 7.27. The number of alkyl halides is 1. The van der Waals surface area contributed by atoms with Crippen molar-refractivity contribution in [3.05, 3.63) is 71.8 Å². The van der Waals surface area contributed by atoms with Gasteiger partial charge < -0.3 is 0 Å². The molecule has 1 aromatic carbocycles. The second-order valence-electron chi connectivity index (χ2n) is 3.68. The van der Waals surface area contributed by atoms with E-state index in [9.17, 15) is 0 Å². The van der Waals surface area contributed by atoms with Crippen LogP contribution in [0.5, 0.6) is 0 Å². The van der Waals surface area contributed by atoms with Gasteiger partial charge in [0.05, 0.1) is 3.92 Å². The number of hydrogen-bond acceptors (Lipinski definition) is 0. The number of halogens is 1. The van der Waals surface area contributed by atoms with E-state index in [2.05, 4.69) is 77.7 Å². The van der Waals surface area contributed by atoms with Crippen LogP contribution >= 0.6 is 22.6 Å². The van der Waals surface area contributed by atoms with Gasteiger partial charge in [-0.25, -0.2) is 0 Å². The quantitative estimate of drug-likeness (QED) is 0.493. The van der Waals surface area contributed by atoms with Crippen LogP contribution < -0.4 is 0 Å². The van der Waals surface area contributed by atoms with Crippen molar-refractivity contribution in [3.8, 4) is 0 Å². The molecule has 1 aliphatic carbocycles. The van der Waals surface area contributed by atoms with E-state index in [-0.39, 0.29) is 0 Å². The summed E-state index contributed by atoms with van der Waals surface area (Å²) in [5.74, 6) is 0. The van der Waals surface area contributed by atoms with Crippen molar-refractivity contribution in [1.29, 1.82) is 0 Å². The highest BCUT2D eigenvalue weighted by Gasteiger charge is 2.09. The van der Waals surface area contributed by atoms with Gasteiger partial charge in [0.2, 0.25) is 0 Å². The summed E-state index contributed by atoms with van der Waals surface area (Å²) in [6, 6.07) is 8.60. The minimum absolute atomic E-state index is 0.453. The Hall–Kier alpha value is -0.830. The van der Waals surface area contributed by atoms with E-state index in [1.807, 2.05) is 0 Å². The first-order valence-electron chi connectivity index (χ1n) is 5.02. The van der Waals surface area contributed by atoms with Gasteiger partial charge in [0, 0.05) is 0 Å². The first kappa shape index (κ1) is 10.7. The number of benzene rings is 1. The molecule has 0 nitrogen and oxygen atoms in total. The van der Waals surface area contributed by atoms with E-state index >= 15 is 0 Å². The van der Waals surface area contributed by atoms with E-state index in [0.29, 0.717) is 3.92 Å². The second kappa shape index (κ2) is 4.79. The minimum atomic E-state index is 0.453. The van der Waals surface area contributed by atoms with Crippen LogP contribution in [0.2, 0.25) is 0 Å². The molecule has 0 bridgehead atoms. The van der Waals surface area contributed by atoms with Crippen LogP contribution in [0.25, 0.3) is 0 Å². The number of hydrogen-bond donors (Lipinski definition) is 0. The molecule has 1 atom stereocenters. The molecule has 0 saturated carbocycles. The Morgan fingerprint density at radius 2 is 2.00 bits per heavy atom. The Balaban J connectivity index is 2.47. The summed E-state index contributed by atoms with van der Waals surface area (Å²) in [5.41, 5.74) is 3.95. The molecule has 1 aliphatic rings. The average molecular weight is 308 g/mol. The fourth-order valence-electron chi connectivity index (χ4n) is 1.72. The molecular weight excluding hydrogens is 295 g/mol. The van der Waals surface area contributed by atoms with Gasteiger partial charge in [-0.3, -0.25) is 0 Å². The zero-order valence-corrected chi connectivity index (χ0v) is 10.6. The average Bonchev–Trinajstić information content (AvgIpc) is 2.30. The molecule has 2 rings (SSSR count). The van der Waals surface area contributed by atoms with Crippen LogP contribution in [0, 0.1) is 0 Å². The molecule has 0 heterocycles. The predicted octanol–water partition coefficient (Wildman–Crippen LogP) is 4.39. The molecule has 0 aliphatic heterocycles. The predicted molar refractivity (Wildman–Crippen MR) is 74.3 cm³/mol. The van der Waals surface area contributed by atoms with Gasteiger partial charge in [-0.15, -0.1) is 0 Å². The molecule has 0 amide bonds. The maximum absolute atomic E-state index is 4.06. The highest BCUT2D eigenvalue weighted by Crippen LogP contribution is 2.29. The highest BCUT2D eigenvalue weighted by molar-refractivity contribution is 14.1. The monoisotopic (exact) mass is 308 g/mol. The standard InChI is InChI=1S/C14H13I/c1-11-6-2-5-9-14(15)13-8-4-3-7-12(13)10-11/h2-9,14H,1,10H2/b6-2-,9-5-. The zero-order chi connectivity index (χ0) is 10.7. The van der Waals surface area contributed by atoms with E-state index in [4.69, 9.17) is 0 Å². The number of fused-ring (bicyclic) bond motifs is 1. The third-order valence-electron chi connectivity index (χ3n) is 2.49. The van der Waals surface area contributed by atoms with Crippen molar-refractivity contribution in [1.82, 2.24) is 0 Å². The van der Waals surface area contributed by atoms with Crippen molar-refractivity contribution < 1.29 is 0 Å². The van der Waals surface area contributed by atoms with Crippen molar-refractivity contribution in [2.75, 3.05) is 0 Å². The van der Waals surface area contributed by atoms with Crippen LogP contribution in [0.15, 0.2) is 60.7 Å². The lowest BCUT2D eigenvalue weighted by Crippen LogP contribution is -1.95. The Kier molecular flexibility index (Phi) is 3.41. The van der Waals surface area contributed by atoms with E-state index in [1.54, 1.807) is 0 Å². The van der Waals surface area contributed by atoms with E-state index in [1.165, 1.54) is 11.1 Å². The molecule has 15 heavy (non-hydrogen) atoms. The van der Waals surface area contributed by atoms with Gasteiger partial charge in [-0.05, 0) is 17.5 Å². The van der Waals surface area contributed by atoms with Crippen molar-refractivity contribution in [3.63, 3.8) is 0 Å². The largest absolute Gasteiger partial charge is 0.0955 e. The second-order valence-corrected chi connectivity index (χ2v) is 5.02. The number of allylic oxidation sites excluding steroid dienone is 5. The molecule has 76 valence electrons. The van der Waals surface area contributed by atoms with Crippen molar-refractivity contribution in [2.45, 2.75) is 10.3 Å². The van der Waals surface area contributed by atoms with Gasteiger partial charge in [0.15, 0.2) is 0 Å². The summed E-state index contributed by atoms with van der Waals surface area (Å²) >= 11 is 2.46. The summed E-state index contributed by atoms with van der Waals surface area (Å²) in [5, 5.41) is 0. The lowest BCUT2D eigenvalue weighted by molar-refractivity contribution is 1.13. The summed E-state index contributed by atoms with van der Waals surface area (Å²) < 4.78 is 0.453. The van der Waals surface area contributed by atoms with Crippen LogP contribution in [0.4, 0.5) is 0 Å². The molecule has 0 radical (unpaired) electrons. The zero-order valence-electron chi connectivity index (χ0n) is 8.49. The summed E-state index contributed by atoms with van der Waals surface area (Å²) in [6.07, 6.45) is 9.43. The Morgan fingerprint density at radius 1 is 1.20 bits per heavy atom. The molecule has 0 spiro atoms. The third-order valence-corrected chi connectivity index (χ3v) is 3.58. The first-order valence-corrected chi connectivity index (χ1v) is 6.26. The third kappa shape index (κ3) is 2.59. The molecule has 1 heteroatoms.